The Morgan fingerprint density at radius 3 is 2.10 bits per heavy atom. The summed E-state index contributed by atoms with van der Waals surface area (Å²) in [6.07, 6.45) is 1.16. The van der Waals surface area contributed by atoms with Crippen molar-refractivity contribution in [3.63, 3.8) is 0 Å². The molecule has 210 valence electrons. The molecule has 0 atom stereocenters. The van der Waals surface area contributed by atoms with Crippen molar-refractivity contribution in [2.24, 2.45) is 5.92 Å². The zero-order valence-corrected chi connectivity index (χ0v) is 21.6. The van der Waals surface area contributed by atoms with Crippen molar-refractivity contribution in [3.05, 3.63) is 76.9 Å². The van der Waals surface area contributed by atoms with E-state index in [0.717, 1.165) is 32.1 Å². The van der Waals surface area contributed by atoms with Crippen LogP contribution in [0.1, 0.15) is 68.9 Å². The van der Waals surface area contributed by atoms with Gasteiger partial charge < -0.3 is 9.47 Å². The molecule has 1 saturated carbocycles. The zero-order chi connectivity index (χ0) is 28.3. The Labute approximate surface area is 222 Å². The minimum atomic E-state index is -5.28. The molecule has 0 bridgehead atoms. The maximum Gasteiger partial charge on any atom is 0.573 e. The van der Waals surface area contributed by atoms with E-state index in [9.17, 15) is 22.0 Å². The topological polar surface area (TPSA) is 18.5 Å². The Balaban J connectivity index is 1.65. The molecule has 39 heavy (non-hydrogen) atoms. The number of hydrogen-bond donors (Lipinski definition) is 0. The number of ether oxygens (including phenoxy) is 2. The number of hydrogen-bond acceptors (Lipinski definition) is 2. The fraction of sp³-hybridized carbons (Fsp3) is 0.400. The third-order valence-corrected chi connectivity index (χ3v) is 7.24. The van der Waals surface area contributed by atoms with Crippen molar-refractivity contribution in [3.8, 4) is 28.4 Å². The van der Waals surface area contributed by atoms with Gasteiger partial charge in [-0.15, -0.1) is 13.2 Å². The fourth-order valence-electron chi connectivity index (χ4n) is 5.30. The smallest absolute Gasteiger partial charge is 0.453 e. The number of alkyl halides is 3. The molecule has 0 spiro atoms. The molecule has 0 N–H and O–H groups in total. The number of benzene rings is 3. The van der Waals surface area contributed by atoms with Crippen molar-refractivity contribution in [1.29, 1.82) is 0 Å². The second kappa shape index (κ2) is 11.9. The highest BCUT2D eigenvalue weighted by Gasteiger charge is 2.34. The molecule has 1 aliphatic rings. The summed E-state index contributed by atoms with van der Waals surface area (Å²) >= 11 is 0. The van der Waals surface area contributed by atoms with Gasteiger partial charge in [-0.3, -0.25) is 0 Å². The first-order valence-corrected chi connectivity index (χ1v) is 13.0. The number of halogens is 7. The van der Waals surface area contributed by atoms with E-state index >= 15 is 8.78 Å². The zero-order valence-electron chi connectivity index (χ0n) is 21.6. The summed E-state index contributed by atoms with van der Waals surface area (Å²) in [6, 6.07) is 8.46. The molecule has 0 unspecified atom stereocenters. The molecule has 0 heterocycles. The minimum Gasteiger partial charge on any atom is -0.453 e. The van der Waals surface area contributed by atoms with Crippen LogP contribution in [-0.4, -0.2) is 6.36 Å². The third-order valence-electron chi connectivity index (χ3n) is 7.24. The maximum atomic E-state index is 15.8. The van der Waals surface area contributed by atoms with Crippen LogP contribution in [0.15, 0.2) is 42.5 Å². The molecule has 0 aromatic heterocycles. The fourth-order valence-corrected chi connectivity index (χ4v) is 5.30. The van der Waals surface area contributed by atoms with Crippen molar-refractivity contribution < 1.29 is 40.2 Å². The summed E-state index contributed by atoms with van der Waals surface area (Å²) in [4.78, 5) is 0. The standard InChI is InChI=1S/C30H29F7O2/c1-3-4-7-18-10-12-19(13-11-18)26-22(31)14-17(2)28(27(26)34)38-25-9-6-5-8-21(25)20-15-23(32)29(24(33)16-20)39-30(35,36)37/h5-6,8-9,14-16,18-19H,3-4,7,10-13H2,1-2H3. The molecule has 0 saturated heterocycles. The van der Waals surface area contributed by atoms with E-state index < -0.39 is 35.4 Å². The summed E-state index contributed by atoms with van der Waals surface area (Å²) < 4.78 is 107. The van der Waals surface area contributed by atoms with Gasteiger partial charge in [-0.25, -0.2) is 17.6 Å². The molecule has 2 nitrogen and oxygen atoms in total. The van der Waals surface area contributed by atoms with Crippen LogP contribution in [0.3, 0.4) is 0 Å². The van der Waals surface area contributed by atoms with Gasteiger partial charge in [-0.1, -0.05) is 44.4 Å². The van der Waals surface area contributed by atoms with Crippen molar-refractivity contribution >= 4 is 0 Å². The second-order valence-electron chi connectivity index (χ2n) is 10.0. The SMILES string of the molecule is CCCCC1CCC(c2c(F)cc(C)c(Oc3ccccc3-c3cc(F)c(OC(F)(F)F)c(F)c3)c2F)CC1. The van der Waals surface area contributed by atoms with Crippen LogP contribution in [0.5, 0.6) is 17.2 Å². The Bertz CT molecular complexity index is 1290. The Morgan fingerprint density at radius 2 is 1.49 bits per heavy atom. The summed E-state index contributed by atoms with van der Waals surface area (Å²) in [5, 5.41) is 0. The van der Waals surface area contributed by atoms with Gasteiger partial charge in [0.2, 0.25) is 5.75 Å². The summed E-state index contributed by atoms with van der Waals surface area (Å²) in [5.41, 5.74) is 0.0927. The summed E-state index contributed by atoms with van der Waals surface area (Å²) in [7, 11) is 0. The Kier molecular flexibility index (Phi) is 8.76. The number of rotatable bonds is 8. The average Bonchev–Trinajstić information content (AvgIpc) is 2.87. The van der Waals surface area contributed by atoms with Gasteiger partial charge in [0.1, 0.15) is 11.6 Å². The predicted molar refractivity (Wildman–Crippen MR) is 134 cm³/mol. The van der Waals surface area contributed by atoms with Crippen LogP contribution in [0, 0.1) is 36.1 Å². The lowest BCUT2D eigenvalue weighted by Gasteiger charge is -2.29. The third kappa shape index (κ3) is 6.68. The van der Waals surface area contributed by atoms with E-state index in [0.29, 0.717) is 30.9 Å². The molecular weight excluding hydrogens is 525 g/mol. The van der Waals surface area contributed by atoms with Crippen LogP contribution in [0.2, 0.25) is 0 Å². The van der Waals surface area contributed by atoms with Gasteiger partial charge in [-0.2, -0.15) is 0 Å². The molecular formula is C30H29F7O2. The van der Waals surface area contributed by atoms with Gasteiger partial charge in [0.05, 0.1) is 0 Å². The molecule has 1 fully saturated rings. The first-order chi connectivity index (χ1) is 18.5. The Hall–Kier alpha value is -3.23. The van der Waals surface area contributed by atoms with E-state index in [2.05, 4.69) is 11.7 Å². The molecule has 0 radical (unpaired) electrons. The lowest BCUT2D eigenvalue weighted by molar-refractivity contribution is -0.276. The molecule has 0 aliphatic heterocycles. The molecule has 0 amide bonds. The lowest BCUT2D eigenvalue weighted by Crippen LogP contribution is -2.19. The highest BCUT2D eigenvalue weighted by atomic mass is 19.4. The van der Waals surface area contributed by atoms with Crippen LogP contribution >= 0.6 is 0 Å². The molecule has 3 aromatic rings. The van der Waals surface area contributed by atoms with Crippen molar-refractivity contribution in [1.82, 2.24) is 0 Å². The van der Waals surface area contributed by atoms with Crippen molar-refractivity contribution in [2.45, 2.75) is 71.1 Å². The number of unbranched alkanes of at least 4 members (excludes halogenated alkanes) is 1. The van der Waals surface area contributed by atoms with E-state index in [4.69, 9.17) is 4.74 Å². The molecule has 9 heteroatoms. The highest BCUT2D eigenvalue weighted by Crippen LogP contribution is 2.44. The van der Waals surface area contributed by atoms with Gasteiger partial charge >= 0.3 is 6.36 Å². The van der Waals surface area contributed by atoms with Crippen molar-refractivity contribution in [2.75, 3.05) is 0 Å². The first-order valence-electron chi connectivity index (χ1n) is 13.0. The van der Waals surface area contributed by atoms with Gasteiger partial charge in [0, 0.05) is 11.1 Å². The quantitative estimate of drug-likeness (QED) is 0.258. The monoisotopic (exact) mass is 554 g/mol. The summed E-state index contributed by atoms with van der Waals surface area (Å²) in [5.74, 6) is -6.18. The van der Waals surface area contributed by atoms with E-state index in [-0.39, 0.29) is 39.7 Å². The molecule has 4 rings (SSSR count). The van der Waals surface area contributed by atoms with E-state index in [1.807, 2.05) is 0 Å². The number of aryl methyl sites for hydroxylation is 1. The van der Waals surface area contributed by atoms with E-state index in [1.165, 1.54) is 31.2 Å². The average molecular weight is 555 g/mol. The number of para-hydroxylation sites is 1. The van der Waals surface area contributed by atoms with Gasteiger partial charge in [0.15, 0.2) is 23.2 Å². The second-order valence-corrected chi connectivity index (χ2v) is 10.0. The highest BCUT2D eigenvalue weighted by molar-refractivity contribution is 5.72. The van der Waals surface area contributed by atoms with Gasteiger partial charge in [-0.05, 0) is 79.8 Å². The summed E-state index contributed by atoms with van der Waals surface area (Å²) in [6.45, 7) is 3.62. The molecule has 3 aromatic carbocycles. The predicted octanol–water partition coefficient (Wildman–Crippen LogP) is 10.4. The van der Waals surface area contributed by atoms with Crippen LogP contribution < -0.4 is 9.47 Å². The maximum absolute atomic E-state index is 15.8. The Morgan fingerprint density at radius 1 is 0.846 bits per heavy atom. The molecule has 1 aliphatic carbocycles. The largest absolute Gasteiger partial charge is 0.573 e. The van der Waals surface area contributed by atoms with Crippen LogP contribution in [0.4, 0.5) is 30.7 Å². The van der Waals surface area contributed by atoms with E-state index in [1.54, 1.807) is 6.07 Å². The van der Waals surface area contributed by atoms with Crippen LogP contribution in [0.25, 0.3) is 11.1 Å². The minimum absolute atomic E-state index is 0.0105. The normalized spacial score (nSPS) is 17.8. The van der Waals surface area contributed by atoms with Crippen LogP contribution in [-0.2, 0) is 0 Å². The van der Waals surface area contributed by atoms with Gasteiger partial charge in [0.25, 0.3) is 0 Å². The lowest BCUT2D eigenvalue weighted by atomic mass is 9.76. The first kappa shape index (κ1) is 28.8.